The van der Waals surface area contributed by atoms with Crippen LogP contribution in [0.1, 0.15) is 19.8 Å². The minimum atomic E-state index is -0.0533. The largest absolute Gasteiger partial charge is 0.466 e. The van der Waals surface area contributed by atoms with E-state index in [9.17, 15) is 4.79 Å². The first-order valence-electron chi connectivity index (χ1n) is 7.69. The van der Waals surface area contributed by atoms with Crippen molar-refractivity contribution >= 4 is 22.4 Å². The molecule has 0 saturated carbocycles. The zero-order valence-electron chi connectivity index (χ0n) is 12.4. The fourth-order valence-electron chi connectivity index (χ4n) is 3.13. The topological polar surface area (TPSA) is 29.5 Å². The minimum Gasteiger partial charge on any atom is -0.466 e. The Morgan fingerprint density at radius 3 is 2.90 bits per heavy atom. The predicted molar refractivity (Wildman–Crippen MR) is 85.5 cm³/mol. The molecule has 1 atom stereocenters. The highest BCUT2D eigenvalue weighted by atomic mass is 16.5. The third kappa shape index (κ3) is 2.87. The quantitative estimate of drug-likeness (QED) is 0.806. The number of piperidine rings is 1. The normalized spacial score (nSPS) is 18.7. The van der Waals surface area contributed by atoms with Gasteiger partial charge in [-0.15, -0.1) is 0 Å². The highest BCUT2D eigenvalue weighted by Gasteiger charge is 2.27. The molecule has 3 rings (SSSR count). The van der Waals surface area contributed by atoms with Gasteiger partial charge in [0.2, 0.25) is 0 Å². The van der Waals surface area contributed by atoms with E-state index in [1.165, 1.54) is 16.5 Å². The number of esters is 1. The fourth-order valence-corrected chi connectivity index (χ4v) is 3.13. The highest BCUT2D eigenvalue weighted by Crippen LogP contribution is 2.30. The van der Waals surface area contributed by atoms with E-state index in [0.717, 1.165) is 25.9 Å². The summed E-state index contributed by atoms with van der Waals surface area (Å²) in [7, 11) is 0. The third-order valence-electron chi connectivity index (χ3n) is 4.15. The maximum atomic E-state index is 12.0. The molecular weight excluding hydrogens is 262 g/mol. The molecule has 2 aromatic carbocycles. The Labute approximate surface area is 125 Å². The third-order valence-corrected chi connectivity index (χ3v) is 4.15. The maximum Gasteiger partial charge on any atom is 0.310 e. The van der Waals surface area contributed by atoms with Crippen molar-refractivity contribution in [2.45, 2.75) is 19.8 Å². The Morgan fingerprint density at radius 2 is 2.05 bits per heavy atom. The monoisotopic (exact) mass is 283 g/mol. The first-order valence-corrected chi connectivity index (χ1v) is 7.69. The average molecular weight is 283 g/mol. The minimum absolute atomic E-state index is 0.00216. The van der Waals surface area contributed by atoms with Crippen LogP contribution in [0.5, 0.6) is 0 Å². The van der Waals surface area contributed by atoms with Gasteiger partial charge in [0.1, 0.15) is 0 Å². The summed E-state index contributed by atoms with van der Waals surface area (Å²) in [6, 6.07) is 14.8. The van der Waals surface area contributed by atoms with Gasteiger partial charge < -0.3 is 9.64 Å². The Hall–Kier alpha value is -2.03. The zero-order chi connectivity index (χ0) is 14.7. The lowest BCUT2D eigenvalue weighted by Gasteiger charge is -2.34. The standard InChI is InChI=1S/C18H21NO2/c1-2-21-18(20)15-9-6-12-19(13-15)17-11-5-8-14-7-3-4-10-16(14)17/h3-5,7-8,10-11,15H,2,6,9,12-13H2,1H3/t15-/m0/s1. The Kier molecular flexibility index (Phi) is 4.09. The molecule has 1 aliphatic rings. The van der Waals surface area contributed by atoms with Gasteiger partial charge in [-0.3, -0.25) is 4.79 Å². The molecule has 3 nitrogen and oxygen atoms in total. The van der Waals surface area contributed by atoms with Gasteiger partial charge in [0.05, 0.1) is 12.5 Å². The molecule has 1 fully saturated rings. The second kappa shape index (κ2) is 6.17. The molecule has 0 bridgehead atoms. The summed E-state index contributed by atoms with van der Waals surface area (Å²) in [4.78, 5) is 14.3. The van der Waals surface area contributed by atoms with E-state index in [-0.39, 0.29) is 11.9 Å². The molecule has 0 amide bonds. The number of nitrogens with zero attached hydrogens (tertiary/aromatic N) is 1. The molecule has 1 saturated heterocycles. The molecule has 0 aromatic heterocycles. The van der Waals surface area contributed by atoms with Crippen LogP contribution in [0.15, 0.2) is 42.5 Å². The molecule has 21 heavy (non-hydrogen) atoms. The lowest BCUT2D eigenvalue weighted by molar-refractivity contribution is -0.148. The Morgan fingerprint density at radius 1 is 1.24 bits per heavy atom. The highest BCUT2D eigenvalue weighted by molar-refractivity contribution is 5.94. The lowest BCUT2D eigenvalue weighted by atomic mass is 9.96. The van der Waals surface area contributed by atoms with E-state index in [1.54, 1.807) is 0 Å². The molecule has 0 aliphatic carbocycles. The Balaban J connectivity index is 1.87. The van der Waals surface area contributed by atoms with E-state index in [1.807, 2.05) is 6.92 Å². The van der Waals surface area contributed by atoms with Crippen LogP contribution >= 0.6 is 0 Å². The van der Waals surface area contributed by atoms with Crippen molar-refractivity contribution in [3.63, 3.8) is 0 Å². The second-order valence-corrected chi connectivity index (χ2v) is 5.54. The second-order valence-electron chi connectivity index (χ2n) is 5.54. The van der Waals surface area contributed by atoms with E-state index in [0.29, 0.717) is 6.61 Å². The summed E-state index contributed by atoms with van der Waals surface area (Å²) in [6.07, 6.45) is 1.97. The van der Waals surface area contributed by atoms with Crippen molar-refractivity contribution in [2.24, 2.45) is 5.92 Å². The Bertz CT molecular complexity index is 633. The van der Waals surface area contributed by atoms with Crippen LogP contribution in [0, 0.1) is 5.92 Å². The molecule has 0 unspecified atom stereocenters. The van der Waals surface area contributed by atoms with Crippen LogP contribution in [0.3, 0.4) is 0 Å². The van der Waals surface area contributed by atoms with Gasteiger partial charge in [-0.2, -0.15) is 0 Å². The van der Waals surface area contributed by atoms with Gasteiger partial charge in [-0.1, -0.05) is 36.4 Å². The number of carbonyl (C=O) groups excluding carboxylic acids is 1. The molecule has 110 valence electrons. The van der Waals surface area contributed by atoms with Crippen LogP contribution < -0.4 is 4.90 Å². The molecule has 2 aromatic rings. The molecule has 0 radical (unpaired) electrons. The fraction of sp³-hybridized carbons (Fsp3) is 0.389. The molecule has 1 heterocycles. The van der Waals surface area contributed by atoms with Gasteiger partial charge in [0.15, 0.2) is 0 Å². The summed E-state index contributed by atoms with van der Waals surface area (Å²) in [5.41, 5.74) is 1.22. The number of rotatable bonds is 3. The van der Waals surface area contributed by atoms with Crippen molar-refractivity contribution in [3.8, 4) is 0 Å². The first kappa shape index (κ1) is 13.9. The number of fused-ring (bicyclic) bond motifs is 1. The van der Waals surface area contributed by atoms with E-state index in [4.69, 9.17) is 4.74 Å². The van der Waals surface area contributed by atoms with Crippen molar-refractivity contribution < 1.29 is 9.53 Å². The number of hydrogen-bond acceptors (Lipinski definition) is 3. The zero-order valence-corrected chi connectivity index (χ0v) is 12.4. The number of ether oxygens (including phenoxy) is 1. The van der Waals surface area contributed by atoms with Crippen LogP contribution in [-0.4, -0.2) is 25.7 Å². The summed E-state index contributed by atoms with van der Waals surface area (Å²) >= 11 is 0. The van der Waals surface area contributed by atoms with Gasteiger partial charge in [0, 0.05) is 24.2 Å². The van der Waals surface area contributed by atoms with E-state index < -0.39 is 0 Å². The lowest BCUT2D eigenvalue weighted by Crippen LogP contribution is -2.39. The average Bonchev–Trinajstić information content (AvgIpc) is 2.55. The number of benzene rings is 2. The summed E-state index contributed by atoms with van der Waals surface area (Å²) in [6.45, 7) is 4.09. The smallest absolute Gasteiger partial charge is 0.310 e. The maximum absolute atomic E-state index is 12.0. The molecule has 3 heteroatoms. The molecule has 0 N–H and O–H groups in total. The van der Waals surface area contributed by atoms with Crippen molar-refractivity contribution in [1.82, 2.24) is 0 Å². The van der Waals surface area contributed by atoms with E-state index in [2.05, 4.69) is 47.4 Å². The van der Waals surface area contributed by atoms with Gasteiger partial charge in [-0.05, 0) is 31.2 Å². The van der Waals surface area contributed by atoms with Gasteiger partial charge >= 0.3 is 5.97 Å². The summed E-state index contributed by atoms with van der Waals surface area (Å²) in [5, 5.41) is 2.50. The van der Waals surface area contributed by atoms with Crippen LogP contribution in [-0.2, 0) is 9.53 Å². The summed E-state index contributed by atoms with van der Waals surface area (Å²) < 4.78 is 5.19. The summed E-state index contributed by atoms with van der Waals surface area (Å²) in [5.74, 6) is -0.0555. The predicted octanol–water partition coefficient (Wildman–Crippen LogP) is 3.62. The van der Waals surface area contributed by atoms with Crippen molar-refractivity contribution in [3.05, 3.63) is 42.5 Å². The van der Waals surface area contributed by atoms with Crippen molar-refractivity contribution in [2.75, 3.05) is 24.6 Å². The van der Waals surface area contributed by atoms with Gasteiger partial charge in [-0.25, -0.2) is 0 Å². The van der Waals surface area contributed by atoms with Crippen LogP contribution in [0.2, 0.25) is 0 Å². The molecule has 0 spiro atoms. The van der Waals surface area contributed by atoms with Crippen LogP contribution in [0.25, 0.3) is 10.8 Å². The molecule has 1 aliphatic heterocycles. The van der Waals surface area contributed by atoms with Crippen molar-refractivity contribution in [1.29, 1.82) is 0 Å². The molecular formula is C18H21NO2. The first-order chi connectivity index (χ1) is 10.3. The number of anilines is 1. The van der Waals surface area contributed by atoms with E-state index >= 15 is 0 Å². The SMILES string of the molecule is CCOC(=O)[C@H]1CCCN(c2cccc3ccccc23)C1. The van der Waals surface area contributed by atoms with Crippen LogP contribution in [0.4, 0.5) is 5.69 Å². The van der Waals surface area contributed by atoms with Gasteiger partial charge in [0.25, 0.3) is 0 Å². The number of carbonyl (C=O) groups is 1. The number of hydrogen-bond donors (Lipinski definition) is 0.